The first-order valence-electron chi connectivity index (χ1n) is 3.44. The highest BCUT2D eigenvalue weighted by atomic mass is 19.4. The maximum Gasteiger partial charge on any atom is 0.426 e. The van der Waals surface area contributed by atoms with Crippen molar-refractivity contribution in [3.8, 4) is 0 Å². The molecular formula is C6H8F6O2. The summed E-state index contributed by atoms with van der Waals surface area (Å²) in [4.78, 5) is 0. The first-order chi connectivity index (χ1) is 6.06. The van der Waals surface area contributed by atoms with Gasteiger partial charge in [-0.2, -0.15) is 26.3 Å². The predicted octanol–water partition coefficient (Wildman–Crippen LogP) is 1.88. The van der Waals surface area contributed by atoms with E-state index in [9.17, 15) is 26.3 Å². The molecule has 0 aliphatic carbocycles. The van der Waals surface area contributed by atoms with E-state index in [1.807, 2.05) is 0 Å². The van der Waals surface area contributed by atoms with E-state index < -0.39 is 31.2 Å². The zero-order valence-corrected chi connectivity index (χ0v) is 7.04. The lowest BCUT2D eigenvalue weighted by Crippen LogP contribution is -2.56. The SMILES string of the molecule is CC(OCCO)(C(F)(F)F)C(F)(F)F. The molecule has 0 saturated heterocycles. The molecule has 0 amide bonds. The van der Waals surface area contributed by atoms with E-state index in [0.717, 1.165) is 0 Å². The van der Waals surface area contributed by atoms with Gasteiger partial charge in [-0.1, -0.05) is 0 Å². The molecule has 0 spiro atoms. The van der Waals surface area contributed by atoms with E-state index in [-0.39, 0.29) is 6.92 Å². The minimum Gasteiger partial charge on any atom is -0.394 e. The van der Waals surface area contributed by atoms with E-state index in [1.165, 1.54) is 0 Å². The minimum atomic E-state index is -5.57. The van der Waals surface area contributed by atoms with Gasteiger partial charge in [-0.3, -0.25) is 0 Å². The molecule has 0 saturated carbocycles. The lowest BCUT2D eigenvalue weighted by atomic mass is 10.1. The Labute approximate surface area is 75.5 Å². The van der Waals surface area contributed by atoms with Crippen LogP contribution in [-0.2, 0) is 4.74 Å². The zero-order chi connectivity index (χ0) is 11.6. The molecule has 0 aliphatic rings. The summed E-state index contributed by atoms with van der Waals surface area (Å²) in [6.07, 6.45) is -11.1. The van der Waals surface area contributed by atoms with E-state index in [4.69, 9.17) is 5.11 Å². The average Bonchev–Trinajstić information content (AvgIpc) is 1.95. The molecule has 0 heterocycles. The first kappa shape index (κ1) is 13.5. The third-order valence-electron chi connectivity index (χ3n) is 1.56. The van der Waals surface area contributed by atoms with Gasteiger partial charge in [0.2, 0.25) is 0 Å². The van der Waals surface area contributed by atoms with Crippen molar-refractivity contribution >= 4 is 0 Å². The second-order valence-corrected chi connectivity index (χ2v) is 2.60. The maximum absolute atomic E-state index is 12.0. The Hall–Kier alpha value is -0.500. The molecule has 0 fully saturated rings. The number of aliphatic hydroxyl groups excluding tert-OH is 1. The van der Waals surface area contributed by atoms with Gasteiger partial charge in [-0.25, -0.2) is 0 Å². The molecule has 2 nitrogen and oxygen atoms in total. The Bertz CT molecular complexity index is 170. The van der Waals surface area contributed by atoms with Crippen molar-refractivity contribution in [2.75, 3.05) is 13.2 Å². The van der Waals surface area contributed by atoms with Crippen LogP contribution in [0.3, 0.4) is 0 Å². The second-order valence-electron chi connectivity index (χ2n) is 2.60. The fraction of sp³-hybridized carbons (Fsp3) is 1.00. The first-order valence-corrected chi connectivity index (χ1v) is 3.44. The number of halogens is 6. The van der Waals surface area contributed by atoms with Gasteiger partial charge in [0, 0.05) is 0 Å². The van der Waals surface area contributed by atoms with Crippen LogP contribution in [0.5, 0.6) is 0 Å². The highest BCUT2D eigenvalue weighted by molar-refractivity contribution is 4.91. The van der Waals surface area contributed by atoms with Crippen molar-refractivity contribution in [2.24, 2.45) is 0 Å². The zero-order valence-electron chi connectivity index (χ0n) is 7.04. The van der Waals surface area contributed by atoms with Crippen molar-refractivity contribution in [1.29, 1.82) is 0 Å². The van der Waals surface area contributed by atoms with Crippen LogP contribution in [0.2, 0.25) is 0 Å². The highest BCUT2D eigenvalue weighted by Crippen LogP contribution is 2.45. The van der Waals surface area contributed by atoms with Crippen LogP contribution in [-0.4, -0.2) is 36.3 Å². The van der Waals surface area contributed by atoms with Gasteiger partial charge in [-0.05, 0) is 6.92 Å². The molecule has 0 aromatic heterocycles. The van der Waals surface area contributed by atoms with Gasteiger partial charge in [0.25, 0.3) is 5.60 Å². The minimum absolute atomic E-state index is 0.122. The monoisotopic (exact) mass is 226 g/mol. The number of hydrogen-bond acceptors (Lipinski definition) is 2. The summed E-state index contributed by atoms with van der Waals surface area (Å²) < 4.78 is 75.6. The molecule has 0 bridgehead atoms. The lowest BCUT2D eigenvalue weighted by molar-refractivity contribution is -0.374. The summed E-state index contributed by atoms with van der Waals surface area (Å²) in [5.74, 6) is 0. The van der Waals surface area contributed by atoms with Gasteiger partial charge in [0.15, 0.2) is 0 Å². The molecule has 1 N–H and O–H groups in total. The number of ether oxygens (including phenoxy) is 1. The maximum atomic E-state index is 12.0. The van der Waals surface area contributed by atoms with Gasteiger partial charge in [0.05, 0.1) is 13.2 Å². The van der Waals surface area contributed by atoms with E-state index in [2.05, 4.69) is 4.74 Å². The van der Waals surface area contributed by atoms with Gasteiger partial charge in [-0.15, -0.1) is 0 Å². The quantitative estimate of drug-likeness (QED) is 0.744. The van der Waals surface area contributed by atoms with Crippen LogP contribution >= 0.6 is 0 Å². The topological polar surface area (TPSA) is 29.5 Å². The highest BCUT2D eigenvalue weighted by Gasteiger charge is 2.69. The standard InChI is InChI=1S/C6H8F6O2/c1-4(5(7,8)9,6(10,11)12)14-3-2-13/h13H,2-3H2,1H3. The van der Waals surface area contributed by atoms with Crippen molar-refractivity contribution in [3.05, 3.63) is 0 Å². The predicted molar refractivity (Wildman–Crippen MR) is 33.6 cm³/mol. The number of rotatable bonds is 3. The van der Waals surface area contributed by atoms with Crippen molar-refractivity contribution in [3.63, 3.8) is 0 Å². The number of aliphatic hydroxyl groups is 1. The van der Waals surface area contributed by atoms with E-state index in [1.54, 1.807) is 0 Å². The van der Waals surface area contributed by atoms with Gasteiger partial charge < -0.3 is 9.84 Å². The summed E-state index contributed by atoms with van der Waals surface area (Å²) >= 11 is 0. The molecule has 86 valence electrons. The van der Waals surface area contributed by atoms with Gasteiger partial charge >= 0.3 is 12.4 Å². The molecule has 0 aliphatic heterocycles. The summed E-state index contributed by atoms with van der Waals surface area (Å²) in [7, 11) is 0. The van der Waals surface area contributed by atoms with Crippen LogP contribution in [0, 0.1) is 0 Å². The number of hydrogen-bond donors (Lipinski definition) is 1. The number of alkyl halides is 6. The molecule has 0 aromatic rings. The third kappa shape index (κ3) is 2.50. The van der Waals surface area contributed by atoms with Crippen LogP contribution in [0.4, 0.5) is 26.3 Å². The van der Waals surface area contributed by atoms with Crippen LogP contribution in [0.1, 0.15) is 6.92 Å². The molecular weight excluding hydrogens is 218 g/mol. The average molecular weight is 226 g/mol. The van der Waals surface area contributed by atoms with Crippen LogP contribution in [0.25, 0.3) is 0 Å². The largest absolute Gasteiger partial charge is 0.426 e. The summed E-state index contributed by atoms with van der Waals surface area (Å²) in [6, 6.07) is 0. The van der Waals surface area contributed by atoms with Crippen LogP contribution < -0.4 is 0 Å². The van der Waals surface area contributed by atoms with Crippen LogP contribution in [0.15, 0.2) is 0 Å². The van der Waals surface area contributed by atoms with Crippen molar-refractivity contribution < 1.29 is 36.2 Å². The Balaban J connectivity index is 4.87. The lowest BCUT2D eigenvalue weighted by Gasteiger charge is -2.33. The summed E-state index contributed by atoms with van der Waals surface area (Å²) in [6.45, 7) is -2.07. The molecule has 0 rings (SSSR count). The fourth-order valence-corrected chi connectivity index (χ4v) is 0.574. The summed E-state index contributed by atoms with van der Waals surface area (Å²) in [5.41, 5.74) is -4.23. The Morgan fingerprint density at radius 2 is 1.36 bits per heavy atom. The molecule has 0 atom stereocenters. The van der Waals surface area contributed by atoms with Gasteiger partial charge in [0.1, 0.15) is 0 Å². The molecule has 0 unspecified atom stereocenters. The fourth-order valence-electron chi connectivity index (χ4n) is 0.574. The van der Waals surface area contributed by atoms with Crippen molar-refractivity contribution in [2.45, 2.75) is 24.9 Å². The molecule has 14 heavy (non-hydrogen) atoms. The second kappa shape index (κ2) is 3.93. The van der Waals surface area contributed by atoms with E-state index >= 15 is 0 Å². The molecule has 0 aromatic carbocycles. The Morgan fingerprint density at radius 1 is 1.00 bits per heavy atom. The Morgan fingerprint density at radius 3 is 1.57 bits per heavy atom. The molecule has 0 radical (unpaired) electrons. The third-order valence-corrected chi connectivity index (χ3v) is 1.56. The van der Waals surface area contributed by atoms with Crippen molar-refractivity contribution in [1.82, 2.24) is 0 Å². The molecule has 8 heteroatoms. The summed E-state index contributed by atoms with van der Waals surface area (Å²) in [5, 5.41) is 8.10. The smallest absolute Gasteiger partial charge is 0.394 e. The normalized spacial score (nSPS) is 14.6. The Kier molecular flexibility index (Phi) is 3.79. The van der Waals surface area contributed by atoms with E-state index in [0.29, 0.717) is 0 Å².